The molecule has 0 aromatic heterocycles. The number of halogens is 2. The van der Waals surface area contributed by atoms with E-state index in [-0.39, 0.29) is 23.8 Å². The van der Waals surface area contributed by atoms with E-state index in [2.05, 4.69) is 5.32 Å². The van der Waals surface area contributed by atoms with E-state index in [9.17, 15) is 18.4 Å². The van der Waals surface area contributed by atoms with Crippen molar-refractivity contribution in [2.45, 2.75) is 13.0 Å². The molecule has 3 amide bonds. The van der Waals surface area contributed by atoms with Gasteiger partial charge in [0.1, 0.15) is 11.6 Å². The monoisotopic (exact) mass is 386 g/mol. The second kappa shape index (κ2) is 7.10. The summed E-state index contributed by atoms with van der Waals surface area (Å²) >= 11 is 0. The fourth-order valence-corrected chi connectivity index (χ4v) is 3.56. The van der Waals surface area contributed by atoms with Gasteiger partial charge in [-0.2, -0.15) is 0 Å². The van der Waals surface area contributed by atoms with Gasteiger partial charge in [0.2, 0.25) is 5.91 Å². The molecule has 2 aromatic rings. The number of carbonyl (C=O) groups excluding carboxylic acids is 2. The van der Waals surface area contributed by atoms with Crippen LogP contribution in [0.5, 0.6) is 0 Å². The Morgan fingerprint density at radius 2 is 1.64 bits per heavy atom. The first-order valence-corrected chi connectivity index (χ1v) is 9.08. The Balaban J connectivity index is 1.55. The molecule has 0 saturated carbocycles. The SMILES string of the molecule is CC(=O)N1CC(NC(=O)N2CCN(c3ccc(F)cc3)c3cc(F)ccc32)C1. The van der Waals surface area contributed by atoms with Crippen LogP contribution in [-0.2, 0) is 4.79 Å². The Bertz CT molecular complexity index is 913. The first-order chi connectivity index (χ1) is 13.4. The molecule has 2 aliphatic rings. The topological polar surface area (TPSA) is 55.9 Å². The Hall–Kier alpha value is -3.16. The minimum Gasteiger partial charge on any atom is -0.339 e. The largest absolute Gasteiger partial charge is 0.339 e. The summed E-state index contributed by atoms with van der Waals surface area (Å²) in [6, 6.07) is 9.86. The van der Waals surface area contributed by atoms with Crippen molar-refractivity contribution >= 4 is 29.0 Å². The van der Waals surface area contributed by atoms with Gasteiger partial charge >= 0.3 is 6.03 Å². The van der Waals surface area contributed by atoms with Gasteiger partial charge in [0.25, 0.3) is 0 Å². The Kier molecular flexibility index (Phi) is 4.62. The van der Waals surface area contributed by atoms with Crippen LogP contribution in [0.2, 0.25) is 0 Å². The molecule has 0 unspecified atom stereocenters. The molecule has 146 valence electrons. The van der Waals surface area contributed by atoms with Crippen LogP contribution in [-0.4, -0.2) is 49.1 Å². The van der Waals surface area contributed by atoms with Gasteiger partial charge in [-0.25, -0.2) is 13.6 Å². The lowest BCUT2D eigenvalue weighted by molar-refractivity contribution is -0.133. The van der Waals surface area contributed by atoms with E-state index in [1.165, 1.54) is 31.2 Å². The molecule has 28 heavy (non-hydrogen) atoms. The Labute approximate surface area is 161 Å². The highest BCUT2D eigenvalue weighted by atomic mass is 19.1. The predicted molar refractivity (Wildman–Crippen MR) is 102 cm³/mol. The van der Waals surface area contributed by atoms with Gasteiger partial charge in [0.05, 0.1) is 17.4 Å². The first-order valence-electron chi connectivity index (χ1n) is 9.08. The number of amides is 3. The normalized spacial score (nSPS) is 16.5. The molecule has 2 aliphatic heterocycles. The fraction of sp³-hybridized carbons (Fsp3) is 0.300. The van der Waals surface area contributed by atoms with E-state index in [4.69, 9.17) is 0 Å². The van der Waals surface area contributed by atoms with Gasteiger partial charge in [0, 0.05) is 38.8 Å². The van der Waals surface area contributed by atoms with Gasteiger partial charge < -0.3 is 15.1 Å². The number of urea groups is 1. The smallest absolute Gasteiger partial charge is 0.322 e. The zero-order valence-electron chi connectivity index (χ0n) is 15.4. The molecule has 0 radical (unpaired) electrons. The van der Waals surface area contributed by atoms with Crippen molar-refractivity contribution in [3.05, 3.63) is 54.1 Å². The molecule has 8 heteroatoms. The molecule has 4 rings (SSSR count). The molecule has 6 nitrogen and oxygen atoms in total. The van der Waals surface area contributed by atoms with Crippen LogP contribution in [0.4, 0.5) is 30.6 Å². The lowest BCUT2D eigenvalue weighted by Gasteiger charge is -2.42. The number of hydrogen-bond donors (Lipinski definition) is 1. The highest BCUT2D eigenvalue weighted by Gasteiger charge is 2.33. The summed E-state index contributed by atoms with van der Waals surface area (Å²) in [5.74, 6) is -0.773. The maximum Gasteiger partial charge on any atom is 0.322 e. The average molecular weight is 386 g/mol. The summed E-state index contributed by atoms with van der Waals surface area (Å²) in [6.45, 7) is 3.32. The molecule has 1 fully saturated rings. The maximum atomic E-state index is 13.9. The van der Waals surface area contributed by atoms with E-state index in [0.29, 0.717) is 37.6 Å². The summed E-state index contributed by atoms with van der Waals surface area (Å²) < 4.78 is 27.2. The van der Waals surface area contributed by atoms with E-state index in [1.54, 1.807) is 28.0 Å². The molecule has 0 atom stereocenters. The van der Waals surface area contributed by atoms with E-state index in [0.717, 1.165) is 5.69 Å². The van der Waals surface area contributed by atoms with Crippen molar-refractivity contribution < 1.29 is 18.4 Å². The van der Waals surface area contributed by atoms with Gasteiger partial charge in [0.15, 0.2) is 0 Å². The van der Waals surface area contributed by atoms with Gasteiger partial charge in [-0.15, -0.1) is 0 Å². The van der Waals surface area contributed by atoms with Crippen LogP contribution in [0.1, 0.15) is 6.92 Å². The van der Waals surface area contributed by atoms with Crippen molar-refractivity contribution in [3.63, 3.8) is 0 Å². The summed E-state index contributed by atoms with van der Waals surface area (Å²) in [5.41, 5.74) is 1.86. The number of nitrogens with zero attached hydrogens (tertiary/aromatic N) is 3. The number of nitrogens with one attached hydrogen (secondary N) is 1. The number of fused-ring (bicyclic) bond motifs is 1. The maximum absolute atomic E-state index is 13.9. The van der Waals surface area contributed by atoms with Crippen LogP contribution in [0.25, 0.3) is 0 Å². The quantitative estimate of drug-likeness (QED) is 0.864. The molecule has 1 N–H and O–H groups in total. The van der Waals surface area contributed by atoms with E-state index < -0.39 is 5.82 Å². The zero-order valence-corrected chi connectivity index (χ0v) is 15.4. The van der Waals surface area contributed by atoms with Gasteiger partial charge in [-0.1, -0.05) is 0 Å². The van der Waals surface area contributed by atoms with Crippen molar-refractivity contribution in [1.82, 2.24) is 10.2 Å². The van der Waals surface area contributed by atoms with E-state index >= 15 is 0 Å². The molecule has 0 spiro atoms. The van der Waals surface area contributed by atoms with Crippen molar-refractivity contribution in [3.8, 4) is 0 Å². The number of benzene rings is 2. The number of anilines is 3. The molecule has 0 bridgehead atoms. The highest BCUT2D eigenvalue weighted by molar-refractivity contribution is 5.98. The summed E-state index contributed by atoms with van der Waals surface area (Å²) in [7, 11) is 0. The number of hydrogen-bond acceptors (Lipinski definition) is 3. The third kappa shape index (κ3) is 3.37. The van der Waals surface area contributed by atoms with Gasteiger partial charge in [-0.05, 0) is 42.5 Å². The number of rotatable bonds is 2. The third-order valence-corrected chi connectivity index (χ3v) is 5.10. The molecule has 2 aromatic carbocycles. The molecule has 0 aliphatic carbocycles. The van der Waals surface area contributed by atoms with Crippen LogP contribution in [0.15, 0.2) is 42.5 Å². The lowest BCUT2D eigenvalue weighted by atomic mass is 10.1. The predicted octanol–water partition coefficient (Wildman–Crippen LogP) is 2.86. The van der Waals surface area contributed by atoms with Crippen molar-refractivity contribution in [1.29, 1.82) is 0 Å². The lowest BCUT2D eigenvalue weighted by Crippen LogP contribution is -2.62. The molecular formula is C20H20F2N4O2. The number of carbonyl (C=O) groups is 2. The molecule has 1 saturated heterocycles. The molecule has 2 heterocycles. The summed E-state index contributed by atoms with van der Waals surface area (Å²) in [5, 5.41) is 2.92. The van der Waals surface area contributed by atoms with E-state index in [1.807, 2.05) is 4.90 Å². The second-order valence-corrected chi connectivity index (χ2v) is 6.98. The minimum absolute atomic E-state index is 0.0146. The van der Waals surface area contributed by atoms with Crippen LogP contribution >= 0.6 is 0 Å². The van der Waals surface area contributed by atoms with Crippen LogP contribution in [0.3, 0.4) is 0 Å². The van der Waals surface area contributed by atoms with Gasteiger partial charge in [-0.3, -0.25) is 9.69 Å². The van der Waals surface area contributed by atoms with Crippen molar-refractivity contribution in [2.24, 2.45) is 0 Å². The second-order valence-electron chi connectivity index (χ2n) is 6.98. The van der Waals surface area contributed by atoms with Crippen molar-refractivity contribution in [2.75, 3.05) is 36.0 Å². The standard InChI is InChI=1S/C20H20F2N4O2/c1-13(27)24-11-16(12-24)23-20(28)26-9-8-25(17-5-2-14(21)3-6-17)19-10-15(22)4-7-18(19)26/h2-7,10,16H,8-9,11-12H2,1H3,(H,23,28). The number of likely N-dealkylation sites (tertiary alicyclic amines) is 1. The van der Waals surface area contributed by atoms with Crippen LogP contribution < -0.4 is 15.1 Å². The van der Waals surface area contributed by atoms with Crippen LogP contribution in [0, 0.1) is 11.6 Å². The average Bonchev–Trinajstić information content (AvgIpc) is 2.63. The Morgan fingerprint density at radius 3 is 2.32 bits per heavy atom. The summed E-state index contributed by atoms with van der Waals surface area (Å²) in [6.07, 6.45) is 0. The molecular weight excluding hydrogens is 366 g/mol. The summed E-state index contributed by atoms with van der Waals surface area (Å²) in [4.78, 5) is 29.1. The Morgan fingerprint density at radius 1 is 0.964 bits per heavy atom. The fourth-order valence-electron chi connectivity index (χ4n) is 3.56. The third-order valence-electron chi connectivity index (χ3n) is 5.10. The highest BCUT2D eigenvalue weighted by Crippen LogP contribution is 2.38. The zero-order chi connectivity index (χ0) is 19.8. The first kappa shape index (κ1) is 18.2. The minimum atomic E-state index is -0.413.